The Bertz CT molecular complexity index is 503. The summed E-state index contributed by atoms with van der Waals surface area (Å²) in [5.74, 6) is -0.743. The SMILES string of the molecule is CCOC(=O)c1c(C)cc2c(c1C)C(=O)OC2. The molecule has 2 rings (SSSR count). The number of hydrogen-bond donors (Lipinski definition) is 0. The van der Waals surface area contributed by atoms with Crippen LogP contribution in [0.1, 0.15) is 44.3 Å². The molecule has 0 atom stereocenters. The highest BCUT2D eigenvalue weighted by atomic mass is 16.5. The van der Waals surface area contributed by atoms with Gasteiger partial charge in [-0.1, -0.05) is 6.07 Å². The van der Waals surface area contributed by atoms with Gasteiger partial charge in [0.2, 0.25) is 0 Å². The van der Waals surface area contributed by atoms with Crippen molar-refractivity contribution in [1.29, 1.82) is 0 Å². The third-order valence-electron chi connectivity index (χ3n) is 2.90. The highest BCUT2D eigenvalue weighted by Gasteiger charge is 2.28. The van der Waals surface area contributed by atoms with Crippen molar-refractivity contribution in [2.45, 2.75) is 27.4 Å². The molecule has 0 aromatic heterocycles. The number of rotatable bonds is 2. The lowest BCUT2D eigenvalue weighted by Crippen LogP contribution is -2.12. The second-order valence-corrected chi connectivity index (χ2v) is 4.02. The normalized spacial score (nSPS) is 13.2. The molecule has 0 N–H and O–H groups in total. The van der Waals surface area contributed by atoms with Gasteiger partial charge in [-0.3, -0.25) is 0 Å². The fraction of sp³-hybridized carbons (Fsp3) is 0.385. The molecule has 0 unspecified atom stereocenters. The lowest BCUT2D eigenvalue weighted by Gasteiger charge is -2.11. The maximum Gasteiger partial charge on any atom is 0.339 e. The first-order chi connectivity index (χ1) is 8.06. The van der Waals surface area contributed by atoms with Crippen LogP contribution < -0.4 is 0 Å². The molecule has 1 aliphatic heterocycles. The molecular weight excluding hydrogens is 220 g/mol. The molecule has 4 heteroatoms. The molecule has 1 heterocycles. The van der Waals surface area contributed by atoms with Crippen molar-refractivity contribution in [3.05, 3.63) is 33.9 Å². The van der Waals surface area contributed by atoms with Crippen molar-refractivity contribution >= 4 is 11.9 Å². The summed E-state index contributed by atoms with van der Waals surface area (Å²) in [5.41, 5.74) is 3.31. The van der Waals surface area contributed by atoms with Crippen molar-refractivity contribution in [1.82, 2.24) is 0 Å². The number of carbonyl (C=O) groups is 2. The molecule has 1 aromatic carbocycles. The van der Waals surface area contributed by atoms with Crippen LogP contribution in [0.25, 0.3) is 0 Å². The van der Waals surface area contributed by atoms with Gasteiger partial charge in [0.15, 0.2) is 0 Å². The second-order valence-electron chi connectivity index (χ2n) is 4.02. The molecule has 90 valence electrons. The van der Waals surface area contributed by atoms with Gasteiger partial charge in [-0.25, -0.2) is 9.59 Å². The van der Waals surface area contributed by atoms with Crippen LogP contribution in [-0.4, -0.2) is 18.5 Å². The van der Waals surface area contributed by atoms with E-state index < -0.39 is 0 Å². The summed E-state index contributed by atoms with van der Waals surface area (Å²) >= 11 is 0. The molecule has 0 spiro atoms. The summed E-state index contributed by atoms with van der Waals surface area (Å²) in [6.45, 7) is 5.95. The Labute approximate surface area is 99.5 Å². The van der Waals surface area contributed by atoms with Crippen LogP contribution in [-0.2, 0) is 16.1 Å². The largest absolute Gasteiger partial charge is 0.462 e. The summed E-state index contributed by atoms with van der Waals surface area (Å²) in [6, 6.07) is 1.82. The fourth-order valence-corrected chi connectivity index (χ4v) is 2.20. The molecule has 4 nitrogen and oxygen atoms in total. The minimum Gasteiger partial charge on any atom is -0.462 e. The maximum absolute atomic E-state index is 11.8. The molecule has 1 aliphatic rings. The van der Waals surface area contributed by atoms with Gasteiger partial charge in [-0.2, -0.15) is 0 Å². The lowest BCUT2D eigenvalue weighted by molar-refractivity contribution is 0.0524. The number of cyclic esters (lactones) is 1. The van der Waals surface area contributed by atoms with E-state index in [4.69, 9.17) is 9.47 Å². The summed E-state index contributed by atoms with van der Waals surface area (Å²) in [7, 11) is 0. The van der Waals surface area contributed by atoms with E-state index in [0.29, 0.717) is 29.9 Å². The first kappa shape index (κ1) is 11.6. The summed E-state index contributed by atoms with van der Waals surface area (Å²) in [6.07, 6.45) is 0. The number of carbonyl (C=O) groups excluding carboxylic acids is 2. The molecular formula is C13H14O4. The Morgan fingerprint density at radius 3 is 2.82 bits per heavy atom. The van der Waals surface area contributed by atoms with Gasteiger partial charge >= 0.3 is 11.9 Å². The Morgan fingerprint density at radius 2 is 2.18 bits per heavy atom. The number of benzene rings is 1. The zero-order valence-corrected chi connectivity index (χ0v) is 10.1. The van der Waals surface area contributed by atoms with E-state index in [1.807, 2.05) is 13.0 Å². The zero-order valence-electron chi connectivity index (χ0n) is 10.1. The van der Waals surface area contributed by atoms with E-state index in [0.717, 1.165) is 11.1 Å². The van der Waals surface area contributed by atoms with Crippen LogP contribution in [0, 0.1) is 13.8 Å². The Balaban J connectivity index is 2.58. The van der Waals surface area contributed by atoms with Crippen LogP contribution in [0.5, 0.6) is 0 Å². The first-order valence-electron chi connectivity index (χ1n) is 5.53. The summed E-state index contributed by atoms with van der Waals surface area (Å²) in [5, 5.41) is 0. The Morgan fingerprint density at radius 1 is 1.47 bits per heavy atom. The number of hydrogen-bond acceptors (Lipinski definition) is 4. The molecule has 0 bridgehead atoms. The van der Waals surface area contributed by atoms with E-state index in [9.17, 15) is 9.59 Å². The topological polar surface area (TPSA) is 52.6 Å². The van der Waals surface area contributed by atoms with Crippen LogP contribution >= 0.6 is 0 Å². The number of esters is 2. The average molecular weight is 234 g/mol. The maximum atomic E-state index is 11.8. The van der Waals surface area contributed by atoms with Gasteiger partial charge in [-0.15, -0.1) is 0 Å². The molecule has 0 fully saturated rings. The molecule has 0 saturated heterocycles. The first-order valence-corrected chi connectivity index (χ1v) is 5.53. The molecule has 17 heavy (non-hydrogen) atoms. The van der Waals surface area contributed by atoms with E-state index in [2.05, 4.69) is 0 Å². The van der Waals surface area contributed by atoms with Crippen molar-refractivity contribution in [2.24, 2.45) is 0 Å². The van der Waals surface area contributed by atoms with Gasteiger partial charge in [0, 0.05) is 5.56 Å². The predicted octanol–water partition coefficient (Wildman–Crippen LogP) is 2.15. The number of fused-ring (bicyclic) bond motifs is 1. The van der Waals surface area contributed by atoms with Crippen molar-refractivity contribution in [3.8, 4) is 0 Å². The standard InChI is InChI=1S/C13H14O4/c1-4-16-12(14)10-7(2)5-9-6-17-13(15)11(9)8(10)3/h5H,4,6H2,1-3H3. The highest BCUT2D eigenvalue weighted by Crippen LogP contribution is 2.28. The summed E-state index contributed by atoms with van der Waals surface area (Å²) in [4.78, 5) is 23.4. The minimum absolute atomic E-state index is 0.291. The third kappa shape index (κ3) is 1.79. The van der Waals surface area contributed by atoms with Gasteiger partial charge in [0.1, 0.15) is 6.61 Å². The smallest absolute Gasteiger partial charge is 0.339 e. The molecule has 0 aliphatic carbocycles. The molecule has 0 saturated carbocycles. The van der Waals surface area contributed by atoms with Gasteiger partial charge in [-0.05, 0) is 31.9 Å². The predicted molar refractivity (Wildman–Crippen MR) is 61.0 cm³/mol. The van der Waals surface area contributed by atoms with Crippen LogP contribution in [0.2, 0.25) is 0 Å². The quantitative estimate of drug-likeness (QED) is 0.736. The second kappa shape index (κ2) is 4.20. The van der Waals surface area contributed by atoms with Crippen molar-refractivity contribution < 1.29 is 19.1 Å². The van der Waals surface area contributed by atoms with Crippen molar-refractivity contribution in [2.75, 3.05) is 6.61 Å². The van der Waals surface area contributed by atoms with Gasteiger partial charge in [0.05, 0.1) is 17.7 Å². The zero-order chi connectivity index (χ0) is 12.6. The van der Waals surface area contributed by atoms with Gasteiger partial charge < -0.3 is 9.47 Å². The average Bonchev–Trinajstić information content (AvgIpc) is 2.60. The van der Waals surface area contributed by atoms with E-state index >= 15 is 0 Å². The monoisotopic (exact) mass is 234 g/mol. The van der Waals surface area contributed by atoms with Crippen LogP contribution in [0.15, 0.2) is 6.07 Å². The lowest BCUT2D eigenvalue weighted by atomic mass is 9.94. The summed E-state index contributed by atoms with van der Waals surface area (Å²) < 4.78 is 9.96. The third-order valence-corrected chi connectivity index (χ3v) is 2.90. The fourth-order valence-electron chi connectivity index (χ4n) is 2.20. The van der Waals surface area contributed by atoms with E-state index in [1.165, 1.54) is 0 Å². The molecule has 0 amide bonds. The Hall–Kier alpha value is -1.84. The van der Waals surface area contributed by atoms with E-state index in [-0.39, 0.29) is 11.9 Å². The molecule has 1 aromatic rings. The van der Waals surface area contributed by atoms with Crippen LogP contribution in [0.4, 0.5) is 0 Å². The van der Waals surface area contributed by atoms with Crippen LogP contribution in [0.3, 0.4) is 0 Å². The Kier molecular flexibility index (Phi) is 2.88. The molecule has 0 radical (unpaired) electrons. The van der Waals surface area contributed by atoms with E-state index in [1.54, 1.807) is 13.8 Å². The highest BCUT2D eigenvalue weighted by molar-refractivity contribution is 6.01. The minimum atomic E-state index is -0.384. The van der Waals surface area contributed by atoms with Crippen molar-refractivity contribution in [3.63, 3.8) is 0 Å². The van der Waals surface area contributed by atoms with Gasteiger partial charge in [0.25, 0.3) is 0 Å². The number of aryl methyl sites for hydroxylation is 1. The number of ether oxygens (including phenoxy) is 2.